The Labute approximate surface area is 72.8 Å². The SMILES string of the molecule is c1cnc2c(c1)[C@H]1CCC[C@H]1C2. The molecule has 12 heavy (non-hydrogen) atoms. The molecule has 1 fully saturated rings. The molecule has 62 valence electrons. The van der Waals surface area contributed by atoms with E-state index in [0.717, 1.165) is 11.8 Å². The Balaban J connectivity index is 2.09. The van der Waals surface area contributed by atoms with Crippen LogP contribution in [0.4, 0.5) is 0 Å². The summed E-state index contributed by atoms with van der Waals surface area (Å²) in [6.45, 7) is 0. The number of hydrogen-bond acceptors (Lipinski definition) is 1. The minimum absolute atomic E-state index is 0.869. The van der Waals surface area contributed by atoms with Crippen LogP contribution in [0, 0.1) is 5.92 Å². The lowest BCUT2D eigenvalue weighted by molar-refractivity contribution is 0.525. The van der Waals surface area contributed by atoms with Crippen LogP contribution in [0.3, 0.4) is 0 Å². The fourth-order valence-corrected chi connectivity index (χ4v) is 2.90. The summed E-state index contributed by atoms with van der Waals surface area (Å²) < 4.78 is 0. The van der Waals surface area contributed by atoms with E-state index in [0.29, 0.717) is 0 Å². The van der Waals surface area contributed by atoms with Crippen molar-refractivity contribution in [1.82, 2.24) is 4.98 Å². The predicted molar refractivity (Wildman–Crippen MR) is 48.0 cm³/mol. The van der Waals surface area contributed by atoms with Gasteiger partial charge in [0.15, 0.2) is 0 Å². The topological polar surface area (TPSA) is 12.9 Å². The molecule has 3 rings (SSSR count). The first kappa shape index (κ1) is 6.64. The monoisotopic (exact) mass is 159 g/mol. The molecule has 1 nitrogen and oxygen atoms in total. The average molecular weight is 159 g/mol. The minimum Gasteiger partial charge on any atom is -0.261 e. The summed E-state index contributed by atoms with van der Waals surface area (Å²) in [4.78, 5) is 4.44. The maximum atomic E-state index is 4.44. The summed E-state index contributed by atoms with van der Waals surface area (Å²) in [5, 5.41) is 0. The molecule has 0 N–H and O–H groups in total. The third-order valence-electron chi connectivity index (χ3n) is 3.44. The zero-order valence-electron chi connectivity index (χ0n) is 7.16. The van der Waals surface area contributed by atoms with Crippen LogP contribution in [-0.4, -0.2) is 4.98 Å². The van der Waals surface area contributed by atoms with E-state index >= 15 is 0 Å². The number of rotatable bonds is 0. The van der Waals surface area contributed by atoms with E-state index in [-0.39, 0.29) is 0 Å². The molecule has 0 aromatic carbocycles. The number of aromatic nitrogens is 1. The summed E-state index contributed by atoms with van der Waals surface area (Å²) in [6, 6.07) is 4.36. The molecular weight excluding hydrogens is 146 g/mol. The van der Waals surface area contributed by atoms with Gasteiger partial charge < -0.3 is 0 Å². The highest BCUT2D eigenvalue weighted by Gasteiger charge is 2.36. The van der Waals surface area contributed by atoms with E-state index in [1.54, 1.807) is 5.56 Å². The smallest absolute Gasteiger partial charge is 0.0441 e. The van der Waals surface area contributed by atoms with Gasteiger partial charge in [-0.1, -0.05) is 12.5 Å². The van der Waals surface area contributed by atoms with Crippen molar-refractivity contribution in [3.63, 3.8) is 0 Å². The molecule has 2 aliphatic carbocycles. The van der Waals surface area contributed by atoms with Gasteiger partial charge in [0.05, 0.1) is 0 Å². The highest BCUT2D eigenvalue weighted by Crippen LogP contribution is 2.47. The molecule has 0 unspecified atom stereocenters. The van der Waals surface area contributed by atoms with Crippen LogP contribution in [0.25, 0.3) is 0 Å². The Morgan fingerprint density at radius 3 is 3.33 bits per heavy atom. The molecule has 1 heteroatoms. The maximum absolute atomic E-state index is 4.44. The molecule has 0 spiro atoms. The molecule has 2 aliphatic rings. The largest absolute Gasteiger partial charge is 0.261 e. The van der Waals surface area contributed by atoms with E-state index in [9.17, 15) is 0 Å². The van der Waals surface area contributed by atoms with Gasteiger partial charge in [-0.05, 0) is 42.7 Å². The predicted octanol–water partition coefficient (Wildman–Crippen LogP) is 2.52. The van der Waals surface area contributed by atoms with Crippen LogP contribution in [0.5, 0.6) is 0 Å². The Morgan fingerprint density at radius 2 is 2.33 bits per heavy atom. The van der Waals surface area contributed by atoms with E-state index in [2.05, 4.69) is 17.1 Å². The fourth-order valence-electron chi connectivity index (χ4n) is 2.90. The van der Waals surface area contributed by atoms with Crippen molar-refractivity contribution in [1.29, 1.82) is 0 Å². The summed E-state index contributed by atoms with van der Waals surface area (Å²) in [5.41, 5.74) is 2.94. The van der Waals surface area contributed by atoms with Crippen molar-refractivity contribution < 1.29 is 0 Å². The Morgan fingerprint density at radius 1 is 1.33 bits per heavy atom. The van der Waals surface area contributed by atoms with Gasteiger partial charge >= 0.3 is 0 Å². The molecule has 0 saturated heterocycles. The zero-order chi connectivity index (χ0) is 7.97. The third kappa shape index (κ3) is 0.767. The molecular formula is C11H13N. The summed E-state index contributed by atoms with van der Waals surface area (Å²) in [7, 11) is 0. The second-order valence-corrected chi connectivity index (χ2v) is 4.04. The lowest BCUT2D eigenvalue weighted by Gasteiger charge is -2.07. The summed E-state index contributed by atoms with van der Waals surface area (Å²) >= 11 is 0. The minimum atomic E-state index is 0.869. The van der Waals surface area contributed by atoms with Crippen LogP contribution < -0.4 is 0 Å². The van der Waals surface area contributed by atoms with Crippen molar-refractivity contribution in [2.45, 2.75) is 31.6 Å². The lowest BCUT2D eigenvalue weighted by atomic mass is 9.97. The van der Waals surface area contributed by atoms with Crippen molar-refractivity contribution in [3.05, 3.63) is 29.6 Å². The van der Waals surface area contributed by atoms with Gasteiger partial charge in [0.25, 0.3) is 0 Å². The summed E-state index contributed by atoms with van der Waals surface area (Å²) in [5.74, 6) is 1.81. The maximum Gasteiger partial charge on any atom is 0.0441 e. The first-order valence-electron chi connectivity index (χ1n) is 4.89. The van der Waals surface area contributed by atoms with Crippen LogP contribution in [0.1, 0.15) is 36.4 Å². The molecule has 1 saturated carbocycles. The highest BCUT2D eigenvalue weighted by molar-refractivity contribution is 5.31. The van der Waals surface area contributed by atoms with E-state index in [1.807, 2.05) is 6.20 Å². The van der Waals surface area contributed by atoms with Crippen LogP contribution in [-0.2, 0) is 6.42 Å². The fraction of sp³-hybridized carbons (Fsp3) is 0.545. The van der Waals surface area contributed by atoms with Crippen molar-refractivity contribution >= 4 is 0 Å². The average Bonchev–Trinajstić information content (AvgIpc) is 2.62. The number of hydrogen-bond donors (Lipinski definition) is 0. The van der Waals surface area contributed by atoms with E-state index in [4.69, 9.17) is 0 Å². The van der Waals surface area contributed by atoms with Crippen molar-refractivity contribution in [2.75, 3.05) is 0 Å². The standard InChI is InChI=1S/C11H13N/c1-3-8-7-11-10(9(8)4-1)5-2-6-12-11/h2,5-6,8-9H,1,3-4,7H2/t8-,9-/m0/s1. The van der Waals surface area contributed by atoms with Crippen LogP contribution in [0.2, 0.25) is 0 Å². The molecule has 1 heterocycles. The molecule has 0 bridgehead atoms. The molecule has 1 aromatic heterocycles. The second kappa shape index (κ2) is 2.32. The molecule has 2 atom stereocenters. The Hall–Kier alpha value is -0.850. The second-order valence-electron chi connectivity index (χ2n) is 4.04. The van der Waals surface area contributed by atoms with Gasteiger partial charge in [-0.15, -0.1) is 0 Å². The van der Waals surface area contributed by atoms with Gasteiger partial charge in [0, 0.05) is 11.9 Å². The van der Waals surface area contributed by atoms with E-state index < -0.39 is 0 Å². The van der Waals surface area contributed by atoms with Gasteiger partial charge in [0.2, 0.25) is 0 Å². The van der Waals surface area contributed by atoms with Crippen LogP contribution >= 0.6 is 0 Å². The Kier molecular flexibility index (Phi) is 1.28. The van der Waals surface area contributed by atoms with Gasteiger partial charge in [0.1, 0.15) is 0 Å². The third-order valence-corrected chi connectivity index (χ3v) is 3.44. The first-order valence-corrected chi connectivity index (χ1v) is 4.89. The highest BCUT2D eigenvalue weighted by atomic mass is 14.7. The summed E-state index contributed by atoms with van der Waals surface area (Å²) in [6.07, 6.45) is 7.45. The van der Waals surface area contributed by atoms with Gasteiger partial charge in [-0.2, -0.15) is 0 Å². The zero-order valence-corrected chi connectivity index (χ0v) is 7.16. The molecule has 1 aromatic rings. The van der Waals surface area contributed by atoms with Crippen molar-refractivity contribution in [2.24, 2.45) is 5.92 Å². The van der Waals surface area contributed by atoms with E-state index in [1.165, 1.54) is 31.4 Å². The van der Waals surface area contributed by atoms with Crippen molar-refractivity contribution in [3.8, 4) is 0 Å². The number of nitrogens with zero attached hydrogens (tertiary/aromatic N) is 1. The number of fused-ring (bicyclic) bond motifs is 3. The normalized spacial score (nSPS) is 31.7. The molecule has 0 radical (unpaired) electrons. The van der Waals surface area contributed by atoms with Gasteiger partial charge in [-0.25, -0.2) is 0 Å². The van der Waals surface area contributed by atoms with Crippen LogP contribution in [0.15, 0.2) is 18.3 Å². The molecule has 0 amide bonds. The Bertz CT molecular complexity index is 306. The quantitative estimate of drug-likeness (QED) is 0.567. The first-order chi connectivity index (χ1) is 5.95. The number of pyridine rings is 1. The van der Waals surface area contributed by atoms with Gasteiger partial charge in [-0.3, -0.25) is 4.98 Å². The molecule has 0 aliphatic heterocycles. The lowest BCUT2D eigenvalue weighted by Crippen LogP contribution is -1.97.